The lowest BCUT2D eigenvalue weighted by Gasteiger charge is -2.20. The van der Waals surface area contributed by atoms with Crippen LogP contribution in [-0.4, -0.2) is 50.2 Å². The van der Waals surface area contributed by atoms with Gasteiger partial charge in [-0.15, -0.1) is 0 Å². The second kappa shape index (κ2) is 15.3. The number of carbonyl (C=O) groups is 4. The fourth-order valence-electron chi connectivity index (χ4n) is 2.96. The molecule has 0 aliphatic heterocycles. The van der Waals surface area contributed by atoms with Crippen LogP contribution in [0.4, 0.5) is 0 Å². The van der Waals surface area contributed by atoms with E-state index in [1.807, 2.05) is 27.7 Å². The van der Waals surface area contributed by atoms with Crippen molar-refractivity contribution >= 4 is 23.9 Å². The standard InChI is InChI=1S/C28H43NO8/c1-16(2)19(7)26(31)36-23-11-10-21(15-24(23)37-27(32)20(8)17(3)4)14-22(28(33)34-9)29-12-13-35-25(30)18(5)6/h10-11,15-20,22,29H,12-14H2,1-9H3/t19?,20?,22-/m0/s1. The van der Waals surface area contributed by atoms with Crippen LogP contribution in [-0.2, 0) is 35.1 Å². The number of hydrogen-bond acceptors (Lipinski definition) is 9. The maximum atomic E-state index is 12.7. The molecule has 37 heavy (non-hydrogen) atoms. The molecule has 1 rings (SSSR count). The first-order valence-electron chi connectivity index (χ1n) is 12.8. The Morgan fingerprint density at radius 3 is 1.78 bits per heavy atom. The third-order valence-electron chi connectivity index (χ3n) is 6.31. The number of benzene rings is 1. The van der Waals surface area contributed by atoms with Gasteiger partial charge in [-0.3, -0.25) is 19.2 Å². The lowest BCUT2D eigenvalue weighted by molar-refractivity contribution is -0.147. The molecule has 0 spiro atoms. The Balaban J connectivity index is 3.14. The molecule has 0 amide bonds. The molecule has 0 heterocycles. The topological polar surface area (TPSA) is 117 Å². The summed E-state index contributed by atoms with van der Waals surface area (Å²) in [6.07, 6.45) is 0.200. The van der Waals surface area contributed by atoms with Crippen molar-refractivity contribution in [3.8, 4) is 11.5 Å². The molecule has 1 N–H and O–H groups in total. The zero-order valence-electron chi connectivity index (χ0n) is 23.6. The molecule has 1 aromatic rings. The van der Waals surface area contributed by atoms with Crippen LogP contribution in [0.1, 0.15) is 61.0 Å². The maximum Gasteiger partial charge on any atom is 0.323 e. The van der Waals surface area contributed by atoms with E-state index in [1.165, 1.54) is 7.11 Å². The van der Waals surface area contributed by atoms with E-state index >= 15 is 0 Å². The second-order valence-electron chi connectivity index (χ2n) is 10.2. The van der Waals surface area contributed by atoms with Gasteiger partial charge in [-0.1, -0.05) is 61.5 Å². The molecule has 0 saturated carbocycles. The summed E-state index contributed by atoms with van der Waals surface area (Å²) in [6, 6.07) is 4.10. The van der Waals surface area contributed by atoms with Crippen molar-refractivity contribution in [2.75, 3.05) is 20.3 Å². The van der Waals surface area contributed by atoms with Crippen molar-refractivity contribution in [2.24, 2.45) is 29.6 Å². The third-order valence-corrected chi connectivity index (χ3v) is 6.31. The van der Waals surface area contributed by atoms with E-state index in [-0.39, 0.29) is 66.6 Å². The van der Waals surface area contributed by atoms with Gasteiger partial charge in [0.05, 0.1) is 24.9 Å². The molecule has 9 heteroatoms. The van der Waals surface area contributed by atoms with Crippen LogP contribution in [0.3, 0.4) is 0 Å². The molecule has 0 saturated heterocycles. The van der Waals surface area contributed by atoms with Gasteiger partial charge < -0.3 is 24.3 Å². The molecule has 3 atom stereocenters. The van der Waals surface area contributed by atoms with Crippen molar-refractivity contribution in [3.63, 3.8) is 0 Å². The number of methoxy groups -OCH3 is 1. The molecule has 0 aromatic heterocycles. The summed E-state index contributed by atoms with van der Waals surface area (Å²) in [6.45, 7) is 15.0. The first-order valence-corrected chi connectivity index (χ1v) is 12.8. The first kappa shape index (κ1) is 32.1. The molecule has 1 aromatic carbocycles. The van der Waals surface area contributed by atoms with Crippen LogP contribution < -0.4 is 14.8 Å². The zero-order valence-corrected chi connectivity index (χ0v) is 23.6. The Morgan fingerprint density at radius 1 is 0.757 bits per heavy atom. The molecular weight excluding hydrogens is 478 g/mol. The number of ether oxygens (including phenoxy) is 4. The van der Waals surface area contributed by atoms with Crippen molar-refractivity contribution in [3.05, 3.63) is 23.8 Å². The van der Waals surface area contributed by atoms with E-state index in [2.05, 4.69) is 5.32 Å². The van der Waals surface area contributed by atoms with Gasteiger partial charge in [0.2, 0.25) is 0 Å². The highest BCUT2D eigenvalue weighted by Gasteiger charge is 2.25. The minimum absolute atomic E-state index is 0.0559. The van der Waals surface area contributed by atoms with Crippen molar-refractivity contribution in [2.45, 2.75) is 67.9 Å². The van der Waals surface area contributed by atoms with Crippen LogP contribution in [0.5, 0.6) is 11.5 Å². The minimum Gasteiger partial charge on any atom is -0.468 e. The molecule has 9 nitrogen and oxygen atoms in total. The molecule has 0 radical (unpaired) electrons. The van der Waals surface area contributed by atoms with Gasteiger partial charge in [0, 0.05) is 6.54 Å². The molecule has 208 valence electrons. The summed E-state index contributed by atoms with van der Waals surface area (Å²) >= 11 is 0. The summed E-state index contributed by atoms with van der Waals surface area (Å²) < 4.78 is 21.3. The largest absolute Gasteiger partial charge is 0.468 e. The first-order chi connectivity index (χ1) is 17.3. The van der Waals surface area contributed by atoms with Crippen molar-refractivity contribution in [1.82, 2.24) is 5.32 Å². The number of nitrogens with one attached hydrogen (secondary N) is 1. The van der Waals surface area contributed by atoms with Gasteiger partial charge >= 0.3 is 23.9 Å². The number of hydrogen-bond donors (Lipinski definition) is 1. The summed E-state index contributed by atoms with van der Waals surface area (Å²) in [5.74, 6) is -2.30. The Labute approximate surface area is 220 Å². The molecule has 2 unspecified atom stereocenters. The van der Waals surface area contributed by atoms with E-state index in [0.29, 0.717) is 5.56 Å². The van der Waals surface area contributed by atoms with Gasteiger partial charge in [0.1, 0.15) is 12.6 Å². The summed E-state index contributed by atoms with van der Waals surface area (Å²) in [5, 5.41) is 3.04. The lowest BCUT2D eigenvalue weighted by atomic mass is 9.98. The van der Waals surface area contributed by atoms with Gasteiger partial charge in [-0.05, 0) is 36.0 Å². The van der Waals surface area contributed by atoms with Crippen molar-refractivity contribution in [1.29, 1.82) is 0 Å². The Kier molecular flexibility index (Phi) is 13.3. The van der Waals surface area contributed by atoms with Gasteiger partial charge in [0.15, 0.2) is 11.5 Å². The van der Waals surface area contributed by atoms with Crippen LogP contribution in [0, 0.1) is 29.6 Å². The second-order valence-corrected chi connectivity index (χ2v) is 10.2. The Bertz CT molecular complexity index is 925. The van der Waals surface area contributed by atoms with Crippen LogP contribution >= 0.6 is 0 Å². The van der Waals surface area contributed by atoms with E-state index in [4.69, 9.17) is 18.9 Å². The van der Waals surface area contributed by atoms with Gasteiger partial charge in [-0.2, -0.15) is 0 Å². The highest BCUT2D eigenvalue weighted by molar-refractivity contribution is 5.79. The number of esters is 4. The SMILES string of the molecule is COC(=O)[C@H](Cc1ccc(OC(=O)C(C)C(C)C)c(OC(=O)C(C)C(C)C)c1)NCCOC(=O)C(C)C. The molecule has 0 fully saturated rings. The van der Waals surface area contributed by atoms with Gasteiger partial charge in [-0.25, -0.2) is 0 Å². The molecule has 0 aliphatic carbocycles. The highest BCUT2D eigenvalue weighted by Crippen LogP contribution is 2.31. The lowest BCUT2D eigenvalue weighted by Crippen LogP contribution is -2.41. The minimum atomic E-state index is -0.741. The number of carbonyl (C=O) groups excluding carboxylic acids is 4. The average Bonchev–Trinajstić information content (AvgIpc) is 2.85. The van der Waals surface area contributed by atoms with E-state index < -0.39 is 23.9 Å². The quantitative estimate of drug-likeness (QED) is 0.221. The summed E-state index contributed by atoms with van der Waals surface area (Å²) in [7, 11) is 1.29. The fraction of sp³-hybridized carbons (Fsp3) is 0.643. The van der Waals surface area contributed by atoms with Crippen molar-refractivity contribution < 1.29 is 38.1 Å². The monoisotopic (exact) mass is 521 g/mol. The summed E-state index contributed by atoms with van der Waals surface area (Å²) in [4.78, 5) is 49.3. The average molecular weight is 522 g/mol. The van der Waals surface area contributed by atoms with E-state index in [1.54, 1.807) is 45.9 Å². The zero-order chi connectivity index (χ0) is 28.3. The van der Waals surface area contributed by atoms with Crippen LogP contribution in [0.15, 0.2) is 18.2 Å². The molecule has 0 bridgehead atoms. The number of rotatable bonds is 14. The predicted octanol–water partition coefficient (Wildman–Crippen LogP) is 3.95. The Morgan fingerprint density at radius 2 is 1.30 bits per heavy atom. The summed E-state index contributed by atoms with van der Waals surface area (Å²) in [5.41, 5.74) is 0.652. The van der Waals surface area contributed by atoms with E-state index in [9.17, 15) is 19.2 Å². The van der Waals surface area contributed by atoms with Gasteiger partial charge in [0.25, 0.3) is 0 Å². The maximum absolute atomic E-state index is 12.7. The predicted molar refractivity (Wildman–Crippen MR) is 139 cm³/mol. The molecular formula is C28H43NO8. The van der Waals surface area contributed by atoms with E-state index in [0.717, 1.165) is 0 Å². The molecule has 0 aliphatic rings. The third kappa shape index (κ3) is 10.5. The van der Waals surface area contributed by atoms with Crippen LogP contribution in [0.2, 0.25) is 0 Å². The normalized spacial score (nSPS) is 13.7. The Hall–Kier alpha value is -2.94. The fourth-order valence-corrected chi connectivity index (χ4v) is 2.96. The van der Waals surface area contributed by atoms with Crippen LogP contribution in [0.25, 0.3) is 0 Å². The smallest absolute Gasteiger partial charge is 0.323 e. The highest BCUT2D eigenvalue weighted by atomic mass is 16.6.